The van der Waals surface area contributed by atoms with Gasteiger partial charge in [-0.3, -0.25) is 9.80 Å². The number of hydrogen-bond acceptors (Lipinski definition) is 4. The maximum Gasteiger partial charge on any atom is 0.0656 e. The number of methoxy groups -OCH3 is 1. The molecule has 4 heteroatoms. The fourth-order valence-corrected chi connectivity index (χ4v) is 2.37. The Morgan fingerprint density at radius 1 is 1.25 bits per heavy atom. The van der Waals surface area contributed by atoms with Gasteiger partial charge in [-0.1, -0.05) is 0 Å². The first-order chi connectivity index (χ1) is 7.53. The van der Waals surface area contributed by atoms with Crippen molar-refractivity contribution in [3.05, 3.63) is 0 Å². The van der Waals surface area contributed by atoms with E-state index in [0.29, 0.717) is 19.2 Å². The lowest BCUT2D eigenvalue weighted by molar-refractivity contribution is -0.00878. The predicted octanol–water partition coefficient (Wildman–Crippen LogP) is 0.376. The SMILES string of the molecule is COCC(C)(CN)N1CCN(C(C)C)CC1. The molecule has 1 heterocycles. The van der Waals surface area contributed by atoms with E-state index in [9.17, 15) is 0 Å². The van der Waals surface area contributed by atoms with Gasteiger partial charge < -0.3 is 10.5 Å². The van der Waals surface area contributed by atoms with E-state index in [1.165, 1.54) is 0 Å². The van der Waals surface area contributed by atoms with Gasteiger partial charge in [0.25, 0.3) is 0 Å². The molecule has 96 valence electrons. The molecule has 0 aromatic carbocycles. The fraction of sp³-hybridized carbons (Fsp3) is 1.00. The van der Waals surface area contributed by atoms with E-state index >= 15 is 0 Å². The Bertz CT molecular complexity index is 202. The van der Waals surface area contributed by atoms with Crippen LogP contribution < -0.4 is 5.73 Å². The summed E-state index contributed by atoms with van der Waals surface area (Å²) in [6.07, 6.45) is 0. The highest BCUT2D eigenvalue weighted by molar-refractivity contribution is 4.90. The van der Waals surface area contributed by atoms with E-state index in [2.05, 4.69) is 30.6 Å². The molecule has 1 rings (SSSR count). The Morgan fingerprint density at radius 2 is 1.81 bits per heavy atom. The lowest BCUT2D eigenvalue weighted by atomic mass is 10.00. The van der Waals surface area contributed by atoms with Gasteiger partial charge >= 0.3 is 0 Å². The minimum absolute atomic E-state index is 0.00216. The average molecular weight is 229 g/mol. The van der Waals surface area contributed by atoms with E-state index in [1.54, 1.807) is 7.11 Å². The van der Waals surface area contributed by atoms with Gasteiger partial charge in [-0.2, -0.15) is 0 Å². The summed E-state index contributed by atoms with van der Waals surface area (Å²) in [5.41, 5.74) is 5.88. The Balaban J connectivity index is 2.51. The summed E-state index contributed by atoms with van der Waals surface area (Å²) in [5, 5.41) is 0. The zero-order valence-corrected chi connectivity index (χ0v) is 11.2. The van der Waals surface area contributed by atoms with Crippen molar-refractivity contribution in [2.75, 3.05) is 46.4 Å². The molecule has 1 aliphatic rings. The van der Waals surface area contributed by atoms with Gasteiger partial charge in [-0.15, -0.1) is 0 Å². The van der Waals surface area contributed by atoms with Crippen molar-refractivity contribution < 1.29 is 4.74 Å². The zero-order valence-electron chi connectivity index (χ0n) is 11.2. The van der Waals surface area contributed by atoms with Crippen LogP contribution in [-0.2, 0) is 4.74 Å². The molecule has 0 bridgehead atoms. The fourth-order valence-electron chi connectivity index (χ4n) is 2.37. The molecular formula is C12H27N3O. The number of piperazine rings is 1. The predicted molar refractivity (Wildman–Crippen MR) is 67.6 cm³/mol. The van der Waals surface area contributed by atoms with E-state index in [-0.39, 0.29) is 5.54 Å². The summed E-state index contributed by atoms with van der Waals surface area (Å²) < 4.78 is 5.29. The largest absolute Gasteiger partial charge is 0.383 e. The van der Waals surface area contributed by atoms with Crippen molar-refractivity contribution in [2.24, 2.45) is 5.73 Å². The molecule has 0 aromatic heterocycles. The lowest BCUT2D eigenvalue weighted by Crippen LogP contribution is -2.61. The van der Waals surface area contributed by atoms with E-state index in [1.807, 2.05) is 0 Å². The number of nitrogens with two attached hydrogens (primary N) is 1. The Hall–Kier alpha value is -0.160. The van der Waals surface area contributed by atoms with Crippen LogP contribution in [0, 0.1) is 0 Å². The molecule has 1 saturated heterocycles. The monoisotopic (exact) mass is 229 g/mol. The van der Waals surface area contributed by atoms with Gasteiger partial charge in [0.05, 0.1) is 12.1 Å². The molecule has 1 unspecified atom stereocenters. The number of nitrogens with zero attached hydrogens (tertiary/aromatic N) is 2. The molecule has 0 aliphatic carbocycles. The topological polar surface area (TPSA) is 41.7 Å². The second kappa shape index (κ2) is 5.96. The third kappa shape index (κ3) is 3.17. The molecule has 1 atom stereocenters. The normalized spacial score (nSPS) is 23.6. The van der Waals surface area contributed by atoms with Crippen LogP contribution in [0.4, 0.5) is 0 Å². The summed E-state index contributed by atoms with van der Waals surface area (Å²) in [6, 6.07) is 0.647. The van der Waals surface area contributed by atoms with Crippen LogP contribution in [0.15, 0.2) is 0 Å². The molecule has 0 amide bonds. The van der Waals surface area contributed by atoms with Crippen LogP contribution in [0.5, 0.6) is 0 Å². The summed E-state index contributed by atoms with van der Waals surface area (Å²) in [7, 11) is 1.75. The maximum absolute atomic E-state index is 5.88. The molecule has 0 spiro atoms. The van der Waals surface area contributed by atoms with Crippen LogP contribution in [0.2, 0.25) is 0 Å². The second-order valence-electron chi connectivity index (χ2n) is 5.25. The van der Waals surface area contributed by atoms with Crippen LogP contribution >= 0.6 is 0 Å². The maximum atomic E-state index is 5.88. The highest BCUT2D eigenvalue weighted by atomic mass is 16.5. The first-order valence-electron chi connectivity index (χ1n) is 6.21. The van der Waals surface area contributed by atoms with Gasteiger partial charge in [0.2, 0.25) is 0 Å². The molecule has 0 aromatic rings. The summed E-state index contributed by atoms with van der Waals surface area (Å²) in [5.74, 6) is 0. The Labute approximate surface area is 99.7 Å². The van der Waals surface area contributed by atoms with Gasteiger partial charge in [-0.25, -0.2) is 0 Å². The molecule has 4 nitrogen and oxygen atoms in total. The molecule has 0 radical (unpaired) electrons. The number of rotatable bonds is 5. The van der Waals surface area contributed by atoms with Crippen molar-refractivity contribution in [2.45, 2.75) is 32.4 Å². The molecule has 1 fully saturated rings. The minimum Gasteiger partial charge on any atom is -0.383 e. The highest BCUT2D eigenvalue weighted by Crippen LogP contribution is 2.17. The van der Waals surface area contributed by atoms with E-state index in [4.69, 9.17) is 10.5 Å². The van der Waals surface area contributed by atoms with Crippen molar-refractivity contribution in [1.82, 2.24) is 9.80 Å². The third-order valence-corrected chi connectivity index (χ3v) is 3.70. The summed E-state index contributed by atoms with van der Waals surface area (Å²) in [6.45, 7) is 12.5. The van der Waals surface area contributed by atoms with Crippen LogP contribution in [0.1, 0.15) is 20.8 Å². The summed E-state index contributed by atoms with van der Waals surface area (Å²) >= 11 is 0. The van der Waals surface area contributed by atoms with Gasteiger partial charge in [0, 0.05) is 45.9 Å². The van der Waals surface area contributed by atoms with Gasteiger partial charge in [0.1, 0.15) is 0 Å². The van der Waals surface area contributed by atoms with E-state index < -0.39 is 0 Å². The first kappa shape index (κ1) is 13.9. The van der Waals surface area contributed by atoms with Crippen LogP contribution in [-0.4, -0.2) is 67.8 Å². The molecule has 2 N–H and O–H groups in total. The highest BCUT2D eigenvalue weighted by Gasteiger charge is 2.33. The molecular weight excluding hydrogens is 202 g/mol. The number of ether oxygens (including phenoxy) is 1. The van der Waals surface area contributed by atoms with Crippen LogP contribution in [0.25, 0.3) is 0 Å². The zero-order chi connectivity index (χ0) is 12.2. The van der Waals surface area contributed by atoms with Gasteiger partial charge in [-0.05, 0) is 20.8 Å². The van der Waals surface area contributed by atoms with Crippen molar-refractivity contribution >= 4 is 0 Å². The minimum atomic E-state index is -0.00216. The molecule has 1 aliphatic heterocycles. The Kier molecular flexibility index (Phi) is 5.18. The molecule has 0 saturated carbocycles. The third-order valence-electron chi connectivity index (χ3n) is 3.70. The van der Waals surface area contributed by atoms with Crippen LogP contribution in [0.3, 0.4) is 0 Å². The lowest BCUT2D eigenvalue weighted by Gasteiger charge is -2.46. The molecule has 16 heavy (non-hydrogen) atoms. The standard InChI is InChI=1S/C12H27N3O/c1-11(2)14-5-7-15(8-6-14)12(3,9-13)10-16-4/h11H,5-10,13H2,1-4H3. The van der Waals surface area contributed by atoms with Crippen molar-refractivity contribution in [1.29, 1.82) is 0 Å². The number of hydrogen-bond donors (Lipinski definition) is 1. The van der Waals surface area contributed by atoms with Crippen molar-refractivity contribution in [3.8, 4) is 0 Å². The van der Waals surface area contributed by atoms with E-state index in [0.717, 1.165) is 26.2 Å². The first-order valence-corrected chi connectivity index (χ1v) is 6.21. The summed E-state index contributed by atoms with van der Waals surface area (Å²) in [4.78, 5) is 4.98. The smallest absolute Gasteiger partial charge is 0.0656 e. The second-order valence-corrected chi connectivity index (χ2v) is 5.25. The van der Waals surface area contributed by atoms with Gasteiger partial charge in [0.15, 0.2) is 0 Å². The Morgan fingerprint density at radius 3 is 2.19 bits per heavy atom. The van der Waals surface area contributed by atoms with Crippen molar-refractivity contribution in [3.63, 3.8) is 0 Å². The average Bonchev–Trinajstić information content (AvgIpc) is 2.29. The quantitative estimate of drug-likeness (QED) is 0.740.